The topological polar surface area (TPSA) is 90.0 Å². The van der Waals surface area contributed by atoms with Crippen molar-refractivity contribution in [3.8, 4) is 0 Å². The Morgan fingerprint density at radius 2 is 1.52 bits per heavy atom. The van der Waals surface area contributed by atoms with Gasteiger partial charge in [-0.05, 0) is 73.5 Å². The number of fused-ring (bicyclic) bond motifs is 1. The molecule has 0 bridgehead atoms. The van der Waals surface area contributed by atoms with Crippen molar-refractivity contribution in [2.75, 3.05) is 10.8 Å². The fourth-order valence-corrected chi connectivity index (χ4v) is 6.14. The molecule has 0 aliphatic heterocycles. The summed E-state index contributed by atoms with van der Waals surface area (Å²) in [7, 11) is -4.31. The van der Waals surface area contributed by atoms with E-state index in [2.05, 4.69) is 0 Å². The fourth-order valence-electron chi connectivity index (χ4n) is 4.02. The van der Waals surface area contributed by atoms with E-state index in [-0.39, 0.29) is 27.2 Å². The summed E-state index contributed by atoms with van der Waals surface area (Å²) in [6, 6.07) is 23.0. The van der Waals surface area contributed by atoms with Crippen LogP contribution in [0.2, 0.25) is 10.0 Å². The first-order valence-corrected chi connectivity index (χ1v) is 14.5. The number of carbonyl (C=O) groups is 2. The molecule has 7 nitrogen and oxygen atoms in total. The Labute approximate surface area is 243 Å². The molecule has 4 aromatic carbocycles. The van der Waals surface area contributed by atoms with Gasteiger partial charge in [0.15, 0.2) is 0 Å². The first kappa shape index (κ1) is 29.4. The minimum atomic E-state index is -4.31. The molecule has 0 saturated carbocycles. The van der Waals surface area contributed by atoms with Crippen LogP contribution in [0.4, 0.5) is 5.69 Å². The summed E-state index contributed by atoms with van der Waals surface area (Å²) >= 11 is 12.2. The quantitative estimate of drug-likeness (QED) is 0.202. The molecule has 0 N–H and O–H groups in total. The Morgan fingerprint density at radius 1 is 0.850 bits per heavy atom. The lowest BCUT2D eigenvalue weighted by atomic mass is 10.0. The Kier molecular flexibility index (Phi) is 8.73. The molecule has 40 heavy (non-hydrogen) atoms. The smallest absolute Gasteiger partial charge is 0.339 e. The number of nitrogens with zero attached hydrogens (tertiary/aromatic N) is 1. The molecule has 0 unspecified atom stereocenters. The van der Waals surface area contributed by atoms with Crippen LogP contribution in [0.5, 0.6) is 0 Å². The third-order valence-corrected chi connectivity index (χ3v) is 7.89. The molecule has 4 rings (SSSR count). The van der Waals surface area contributed by atoms with Gasteiger partial charge in [-0.1, -0.05) is 71.7 Å². The number of hydrogen-bond donors (Lipinski definition) is 0. The number of ether oxygens (including phenoxy) is 2. The van der Waals surface area contributed by atoms with Crippen LogP contribution in [0, 0.1) is 0 Å². The minimum absolute atomic E-state index is 0.109. The van der Waals surface area contributed by atoms with E-state index in [1.165, 1.54) is 24.3 Å². The summed E-state index contributed by atoms with van der Waals surface area (Å²) in [5.41, 5.74) is 0.527. The molecule has 0 aliphatic carbocycles. The normalized spacial score (nSPS) is 11.7. The maximum atomic E-state index is 13.8. The molecular formula is C30H27Cl2NO6S. The molecule has 0 saturated heterocycles. The molecule has 0 radical (unpaired) electrons. The second-order valence-electron chi connectivity index (χ2n) is 9.98. The van der Waals surface area contributed by atoms with Crippen LogP contribution in [0.15, 0.2) is 89.8 Å². The van der Waals surface area contributed by atoms with Crippen LogP contribution >= 0.6 is 23.2 Å². The second-order valence-corrected chi connectivity index (χ2v) is 12.7. The summed E-state index contributed by atoms with van der Waals surface area (Å²) in [4.78, 5) is 25.5. The Hall–Kier alpha value is -3.59. The third-order valence-electron chi connectivity index (χ3n) is 5.70. The number of hydrogen-bond acceptors (Lipinski definition) is 6. The van der Waals surface area contributed by atoms with E-state index in [0.29, 0.717) is 16.3 Å². The van der Waals surface area contributed by atoms with Crippen LogP contribution in [0.3, 0.4) is 0 Å². The molecule has 10 heteroatoms. The monoisotopic (exact) mass is 599 g/mol. The average molecular weight is 601 g/mol. The van der Waals surface area contributed by atoms with Crippen LogP contribution in [0.1, 0.15) is 36.7 Å². The highest BCUT2D eigenvalue weighted by Gasteiger charge is 2.30. The summed E-state index contributed by atoms with van der Waals surface area (Å²) in [5, 5.41) is 1.38. The number of rotatable bonds is 8. The lowest BCUT2D eigenvalue weighted by Crippen LogP contribution is -2.39. The lowest BCUT2D eigenvalue weighted by Gasteiger charge is -2.27. The molecule has 0 heterocycles. The van der Waals surface area contributed by atoms with Gasteiger partial charge in [0.1, 0.15) is 18.8 Å². The minimum Gasteiger partial charge on any atom is -0.459 e. The zero-order chi connectivity index (χ0) is 29.1. The number of carbonyl (C=O) groups excluding carboxylic acids is 2. The predicted octanol–water partition coefficient (Wildman–Crippen LogP) is 7.04. The van der Waals surface area contributed by atoms with Crippen molar-refractivity contribution in [1.29, 1.82) is 0 Å². The van der Waals surface area contributed by atoms with Crippen LogP contribution in [-0.4, -0.2) is 32.5 Å². The molecular weight excluding hydrogens is 573 g/mol. The highest BCUT2D eigenvalue weighted by molar-refractivity contribution is 7.92. The molecule has 208 valence electrons. The van der Waals surface area contributed by atoms with Crippen molar-refractivity contribution >= 4 is 61.6 Å². The number of anilines is 1. The molecule has 0 fully saturated rings. The summed E-state index contributed by atoms with van der Waals surface area (Å²) in [6.45, 7) is 4.57. The SMILES string of the molecule is CC(C)(C)OC(=O)CN(c1ccc2c(C(=O)OCc3ccccc3)cccc2c1)S(=O)(=O)c1cc(Cl)cc(Cl)c1. The highest BCUT2D eigenvalue weighted by atomic mass is 35.5. The van der Waals surface area contributed by atoms with Gasteiger partial charge in [-0.3, -0.25) is 9.10 Å². The van der Waals surface area contributed by atoms with Gasteiger partial charge in [0.05, 0.1) is 16.1 Å². The van der Waals surface area contributed by atoms with Gasteiger partial charge in [-0.15, -0.1) is 0 Å². The van der Waals surface area contributed by atoms with Gasteiger partial charge in [0, 0.05) is 10.0 Å². The number of esters is 2. The summed E-state index contributed by atoms with van der Waals surface area (Å²) in [6.07, 6.45) is 0. The predicted molar refractivity (Wildman–Crippen MR) is 156 cm³/mol. The fraction of sp³-hybridized carbons (Fsp3) is 0.200. The first-order valence-electron chi connectivity index (χ1n) is 12.3. The summed E-state index contributed by atoms with van der Waals surface area (Å²) < 4.78 is 39.4. The maximum absolute atomic E-state index is 13.8. The van der Waals surface area contributed by atoms with Gasteiger partial charge < -0.3 is 9.47 Å². The number of sulfonamides is 1. The largest absolute Gasteiger partial charge is 0.459 e. The van der Waals surface area contributed by atoms with E-state index in [4.69, 9.17) is 32.7 Å². The highest BCUT2D eigenvalue weighted by Crippen LogP contribution is 2.31. The van der Waals surface area contributed by atoms with E-state index < -0.39 is 34.1 Å². The van der Waals surface area contributed by atoms with Crippen molar-refractivity contribution in [2.45, 2.75) is 37.9 Å². The van der Waals surface area contributed by atoms with Crippen molar-refractivity contribution < 1.29 is 27.5 Å². The molecule has 0 atom stereocenters. The van der Waals surface area contributed by atoms with Crippen LogP contribution in [0.25, 0.3) is 10.8 Å². The van der Waals surface area contributed by atoms with Crippen molar-refractivity contribution in [3.63, 3.8) is 0 Å². The van der Waals surface area contributed by atoms with Crippen LogP contribution in [-0.2, 0) is 30.9 Å². The Morgan fingerprint density at radius 3 is 2.17 bits per heavy atom. The number of halogens is 2. The molecule has 0 aliphatic rings. The molecule has 4 aromatic rings. The van der Waals surface area contributed by atoms with Crippen molar-refractivity contribution in [3.05, 3.63) is 106 Å². The van der Waals surface area contributed by atoms with E-state index in [0.717, 1.165) is 9.87 Å². The zero-order valence-electron chi connectivity index (χ0n) is 22.1. The van der Waals surface area contributed by atoms with E-state index in [1.807, 2.05) is 30.3 Å². The van der Waals surface area contributed by atoms with Gasteiger partial charge in [-0.25, -0.2) is 13.2 Å². The average Bonchev–Trinajstić information content (AvgIpc) is 2.88. The van der Waals surface area contributed by atoms with Crippen LogP contribution < -0.4 is 4.31 Å². The maximum Gasteiger partial charge on any atom is 0.339 e. The van der Waals surface area contributed by atoms with Gasteiger partial charge >= 0.3 is 11.9 Å². The standard InChI is InChI=1S/C30H27Cl2NO6S/c1-30(2,3)39-28(34)18-33(40(36,37)25-16-22(31)15-23(32)17-25)24-12-13-26-21(14-24)10-7-11-27(26)29(35)38-19-20-8-5-4-6-9-20/h4-17H,18-19H2,1-3H3. The Bertz CT molecular complexity index is 1650. The van der Waals surface area contributed by atoms with Gasteiger partial charge in [-0.2, -0.15) is 0 Å². The summed E-state index contributed by atoms with van der Waals surface area (Å²) in [5.74, 6) is -1.27. The lowest BCUT2D eigenvalue weighted by molar-refractivity contribution is -0.152. The van der Waals surface area contributed by atoms with E-state index >= 15 is 0 Å². The van der Waals surface area contributed by atoms with Crippen molar-refractivity contribution in [2.24, 2.45) is 0 Å². The molecule has 0 spiro atoms. The first-order chi connectivity index (χ1) is 18.8. The van der Waals surface area contributed by atoms with Gasteiger partial charge in [0.2, 0.25) is 0 Å². The number of benzene rings is 4. The van der Waals surface area contributed by atoms with Crippen molar-refractivity contribution in [1.82, 2.24) is 0 Å². The van der Waals surface area contributed by atoms with Gasteiger partial charge in [0.25, 0.3) is 10.0 Å². The molecule has 0 amide bonds. The third kappa shape index (κ3) is 7.13. The van der Waals surface area contributed by atoms with E-state index in [1.54, 1.807) is 51.1 Å². The van der Waals surface area contributed by atoms with E-state index in [9.17, 15) is 18.0 Å². The molecule has 0 aromatic heterocycles. The Balaban J connectivity index is 1.72. The zero-order valence-corrected chi connectivity index (χ0v) is 24.4. The second kappa shape index (κ2) is 11.9.